The number of amides is 2. The second-order valence-electron chi connectivity index (χ2n) is 7.60. The number of carbonyl (C=O) groups is 1. The number of thioether (sulfide) groups is 1. The molecule has 7 heteroatoms. The summed E-state index contributed by atoms with van der Waals surface area (Å²) < 4.78 is 5.44. The molecule has 1 heterocycles. The van der Waals surface area contributed by atoms with Gasteiger partial charge in [-0.05, 0) is 48.2 Å². The number of urea groups is 1. The highest BCUT2D eigenvalue weighted by Crippen LogP contribution is 2.19. The monoisotopic (exact) mass is 428 g/mol. The molecule has 1 aliphatic rings. The molecule has 2 amide bonds. The van der Waals surface area contributed by atoms with E-state index in [1.54, 1.807) is 11.8 Å². The second-order valence-corrected chi connectivity index (χ2v) is 8.47. The van der Waals surface area contributed by atoms with Gasteiger partial charge in [0.15, 0.2) is 0 Å². The summed E-state index contributed by atoms with van der Waals surface area (Å²) in [6.07, 6.45) is 2.04. The molecule has 30 heavy (non-hydrogen) atoms. The Hall–Kier alpha value is -2.22. The molecule has 1 N–H and O–H groups in total. The Morgan fingerprint density at radius 3 is 2.33 bits per heavy atom. The van der Waals surface area contributed by atoms with Gasteiger partial charge in [0.25, 0.3) is 0 Å². The van der Waals surface area contributed by atoms with Gasteiger partial charge in [0, 0.05) is 63.1 Å². The summed E-state index contributed by atoms with van der Waals surface area (Å²) in [5, 5.41) is 3.06. The van der Waals surface area contributed by atoms with Crippen LogP contribution in [0.5, 0.6) is 0 Å². The van der Waals surface area contributed by atoms with E-state index in [1.807, 2.05) is 49.5 Å². The molecule has 3 rings (SSSR count). The Labute approximate surface area is 184 Å². The van der Waals surface area contributed by atoms with Crippen molar-refractivity contribution in [2.24, 2.45) is 0 Å². The molecule has 0 radical (unpaired) electrons. The topological polar surface area (TPSA) is 48.1 Å². The average molecular weight is 429 g/mol. The maximum absolute atomic E-state index is 13.1. The van der Waals surface area contributed by atoms with E-state index in [1.165, 1.54) is 4.90 Å². The van der Waals surface area contributed by atoms with Crippen molar-refractivity contribution in [3.63, 3.8) is 0 Å². The Kier molecular flexibility index (Phi) is 8.42. The van der Waals surface area contributed by atoms with Crippen molar-refractivity contribution in [1.29, 1.82) is 0 Å². The summed E-state index contributed by atoms with van der Waals surface area (Å²) in [5.41, 5.74) is 3.09. The molecule has 0 spiro atoms. The SMILES string of the molecule is CSc1ccc(NC(=O)N(CCN2CCOCC2)Cc2ccc(N(C)C)cc2)cc1. The molecule has 162 valence electrons. The van der Waals surface area contributed by atoms with Crippen LogP contribution in [0.2, 0.25) is 0 Å². The zero-order chi connectivity index (χ0) is 21.3. The van der Waals surface area contributed by atoms with Crippen molar-refractivity contribution in [2.45, 2.75) is 11.4 Å². The van der Waals surface area contributed by atoms with Gasteiger partial charge < -0.3 is 19.9 Å². The number of anilines is 2. The Balaban J connectivity index is 1.67. The van der Waals surface area contributed by atoms with Crippen LogP contribution in [0.4, 0.5) is 16.2 Å². The van der Waals surface area contributed by atoms with Crippen LogP contribution in [-0.4, -0.2) is 75.6 Å². The highest BCUT2D eigenvalue weighted by Gasteiger charge is 2.17. The molecule has 0 saturated carbocycles. The zero-order valence-corrected chi connectivity index (χ0v) is 19.0. The van der Waals surface area contributed by atoms with E-state index in [2.05, 4.69) is 39.4 Å². The van der Waals surface area contributed by atoms with Crippen LogP contribution < -0.4 is 10.2 Å². The number of morpholine rings is 1. The van der Waals surface area contributed by atoms with E-state index in [0.29, 0.717) is 13.1 Å². The first-order chi connectivity index (χ1) is 14.5. The molecule has 1 fully saturated rings. The fourth-order valence-electron chi connectivity index (χ4n) is 3.34. The Morgan fingerprint density at radius 1 is 1.07 bits per heavy atom. The number of benzene rings is 2. The van der Waals surface area contributed by atoms with Crippen molar-refractivity contribution in [3.05, 3.63) is 54.1 Å². The van der Waals surface area contributed by atoms with Crippen molar-refractivity contribution in [3.8, 4) is 0 Å². The molecule has 1 aliphatic heterocycles. The van der Waals surface area contributed by atoms with Gasteiger partial charge in [-0.25, -0.2) is 4.79 Å². The predicted octanol–water partition coefficient (Wildman–Crippen LogP) is 3.84. The van der Waals surface area contributed by atoms with Crippen molar-refractivity contribution >= 4 is 29.2 Å². The van der Waals surface area contributed by atoms with Gasteiger partial charge in [-0.3, -0.25) is 4.90 Å². The van der Waals surface area contributed by atoms with Crippen molar-refractivity contribution < 1.29 is 9.53 Å². The number of ether oxygens (including phenoxy) is 1. The number of nitrogens with zero attached hydrogens (tertiary/aromatic N) is 3. The average Bonchev–Trinajstić information content (AvgIpc) is 2.78. The minimum atomic E-state index is -0.0724. The normalized spacial score (nSPS) is 14.4. The van der Waals surface area contributed by atoms with Crippen LogP contribution in [0.1, 0.15) is 5.56 Å². The van der Waals surface area contributed by atoms with Gasteiger partial charge in [-0.2, -0.15) is 0 Å². The molecule has 1 saturated heterocycles. The molecule has 0 bridgehead atoms. The number of nitrogens with one attached hydrogen (secondary N) is 1. The van der Waals surface area contributed by atoms with Gasteiger partial charge in [-0.15, -0.1) is 11.8 Å². The molecule has 2 aromatic rings. The molecule has 2 aromatic carbocycles. The Morgan fingerprint density at radius 2 is 1.73 bits per heavy atom. The Bertz CT molecular complexity index is 790. The third-order valence-electron chi connectivity index (χ3n) is 5.24. The highest BCUT2D eigenvalue weighted by atomic mass is 32.2. The summed E-state index contributed by atoms with van der Waals surface area (Å²) in [6, 6.07) is 16.3. The number of hydrogen-bond donors (Lipinski definition) is 1. The smallest absolute Gasteiger partial charge is 0.322 e. The van der Waals surface area contributed by atoms with E-state index >= 15 is 0 Å². The molecule has 0 aliphatic carbocycles. The third-order valence-corrected chi connectivity index (χ3v) is 5.99. The van der Waals surface area contributed by atoms with E-state index in [-0.39, 0.29) is 6.03 Å². The first-order valence-electron chi connectivity index (χ1n) is 10.3. The third kappa shape index (κ3) is 6.65. The van der Waals surface area contributed by atoms with E-state index in [0.717, 1.165) is 49.8 Å². The maximum Gasteiger partial charge on any atom is 0.322 e. The van der Waals surface area contributed by atoms with Gasteiger partial charge in [0.1, 0.15) is 0 Å². The molecular formula is C23H32N4O2S. The van der Waals surface area contributed by atoms with E-state index in [9.17, 15) is 4.79 Å². The predicted molar refractivity (Wildman–Crippen MR) is 126 cm³/mol. The molecular weight excluding hydrogens is 396 g/mol. The summed E-state index contributed by atoms with van der Waals surface area (Å²) in [7, 11) is 4.05. The van der Waals surface area contributed by atoms with Gasteiger partial charge in [0.05, 0.1) is 13.2 Å². The quantitative estimate of drug-likeness (QED) is 0.648. The fourth-order valence-corrected chi connectivity index (χ4v) is 3.74. The first-order valence-corrected chi connectivity index (χ1v) is 11.5. The fraction of sp³-hybridized carbons (Fsp3) is 0.435. The lowest BCUT2D eigenvalue weighted by molar-refractivity contribution is 0.0349. The molecule has 0 unspecified atom stereocenters. The van der Waals surface area contributed by atoms with Crippen LogP contribution in [0.25, 0.3) is 0 Å². The van der Waals surface area contributed by atoms with Crippen LogP contribution >= 0.6 is 11.8 Å². The largest absolute Gasteiger partial charge is 0.379 e. The van der Waals surface area contributed by atoms with Crippen LogP contribution in [-0.2, 0) is 11.3 Å². The maximum atomic E-state index is 13.1. The summed E-state index contributed by atoms with van der Waals surface area (Å²) in [5.74, 6) is 0. The molecule has 6 nitrogen and oxygen atoms in total. The second kappa shape index (κ2) is 11.2. The minimum Gasteiger partial charge on any atom is -0.379 e. The standard InChI is InChI=1S/C23H32N4O2S/c1-25(2)21-8-4-19(5-9-21)18-27(13-12-26-14-16-29-17-15-26)23(28)24-20-6-10-22(30-3)11-7-20/h4-11H,12-18H2,1-3H3,(H,24,28). The van der Waals surface area contributed by atoms with E-state index in [4.69, 9.17) is 4.74 Å². The molecule has 0 aromatic heterocycles. The van der Waals surface area contributed by atoms with Crippen LogP contribution in [0.3, 0.4) is 0 Å². The molecule has 0 atom stereocenters. The lowest BCUT2D eigenvalue weighted by Gasteiger charge is -2.30. The van der Waals surface area contributed by atoms with Gasteiger partial charge in [0.2, 0.25) is 0 Å². The number of hydrogen-bond acceptors (Lipinski definition) is 5. The summed E-state index contributed by atoms with van der Waals surface area (Å²) in [4.78, 5) is 20.6. The van der Waals surface area contributed by atoms with E-state index < -0.39 is 0 Å². The van der Waals surface area contributed by atoms with Gasteiger partial charge in [-0.1, -0.05) is 12.1 Å². The van der Waals surface area contributed by atoms with Crippen molar-refractivity contribution in [1.82, 2.24) is 9.80 Å². The summed E-state index contributed by atoms with van der Waals surface area (Å²) >= 11 is 1.69. The zero-order valence-electron chi connectivity index (χ0n) is 18.1. The number of rotatable bonds is 8. The van der Waals surface area contributed by atoms with Gasteiger partial charge >= 0.3 is 6.03 Å². The lowest BCUT2D eigenvalue weighted by atomic mass is 10.2. The van der Waals surface area contributed by atoms with Crippen LogP contribution in [0.15, 0.2) is 53.4 Å². The summed E-state index contributed by atoms with van der Waals surface area (Å²) in [6.45, 7) is 5.46. The lowest BCUT2D eigenvalue weighted by Crippen LogP contribution is -2.44. The van der Waals surface area contributed by atoms with Crippen molar-refractivity contribution in [2.75, 3.05) is 70.0 Å². The highest BCUT2D eigenvalue weighted by molar-refractivity contribution is 7.98. The minimum absolute atomic E-state index is 0.0724. The van der Waals surface area contributed by atoms with Crippen LogP contribution in [0, 0.1) is 0 Å². The number of carbonyl (C=O) groups excluding carboxylic acids is 1. The first kappa shape index (κ1) is 22.5.